The number of carbonyl (C=O) groups is 1. The standard InChI is InChI=1S/C14H22O3/c1-12-7-4-5-8-14(12,3)11-16-9-6-10-17-13(2)15/h4-5,7-8,12H,6,9-11H2,1-3H3. The molecule has 0 N–H and O–H groups in total. The van der Waals surface area contributed by atoms with Gasteiger partial charge >= 0.3 is 5.97 Å². The molecule has 0 heterocycles. The lowest BCUT2D eigenvalue weighted by atomic mass is 9.76. The molecular formula is C14H22O3. The molecule has 1 aliphatic rings. The molecule has 17 heavy (non-hydrogen) atoms. The molecule has 0 aromatic carbocycles. The second kappa shape index (κ2) is 6.60. The zero-order valence-corrected chi connectivity index (χ0v) is 10.9. The second-order valence-corrected chi connectivity index (χ2v) is 4.78. The topological polar surface area (TPSA) is 35.5 Å². The van der Waals surface area contributed by atoms with Crippen LogP contribution in [0.2, 0.25) is 0 Å². The van der Waals surface area contributed by atoms with Crippen LogP contribution >= 0.6 is 0 Å². The van der Waals surface area contributed by atoms with Crippen molar-refractivity contribution in [2.45, 2.75) is 27.2 Å². The minimum atomic E-state index is -0.231. The van der Waals surface area contributed by atoms with Gasteiger partial charge in [-0.3, -0.25) is 4.79 Å². The van der Waals surface area contributed by atoms with Crippen LogP contribution in [0.25, 0.3) is 0 Å². The minimum absolute atomic E-state index is 0.0795. The quantitative estimate of drug-likeness (QED) is 0.527. The van der Waals surface area contributed by atoms with E-state index in [1.54, 1.807) is 0 Å². The maximum absolute atomic E-state index is 10.5. The summed E-state index contributed by atoms with van der Waals surface area (Å²) in [6, 6.07) is 0. The molecule has 0 saturated carbocycles. The van der Waals surface area contributed by atoms with Crippen LogP contribution in [0.3, 0.4) is 0 Å². The molecule has 0 amide bonds. The van der Waals surface area contributed by atoms with Crippen molar-refractivity contribution in [3.63, 3.8) is 0 Å². The first-order valence-corrected chi connectivity index (χ1v) is 6.12. The van der Waals surface area contributed by atoms with E-state index in [0.29, 0.717) is 25.7 Å². The molecule has 0 aliphatic heterocycles. The summed E-state index contributed by atoms with van der Waals surface area (Å²) < 4.78 is 10.5. The Balaban J connectivity index is 2.16. The SMILES string of the molecule is CC(=O)OCCCOCC1(C)C=CC=CC1C. The Morgan fingerprint density at radius 1 is 1.35 bits per heavy atom. The van der Waals surface area contributed by atoms with E-state index >= 15 is 0 Å². The van der Waals surface area contributed by atoms with Crippen LogP contribution in [-0.2, 0) is 14.3 Å². The molecule has 0 aromatic heterocycles. The van der Waals surface area contributed by atoms with E-state index in [4.69, 9.17) is 9.47 Å². The third-order valence-corrected chi connectivity index (χ3v) is 3.18. The highest BCUT2D eigenvalue weighted by Gasteiger charge is 2.28. The predicted octanol–water partition coefficient (Wildman–Crippen LogP) is 2.72. The monoisotopic (exact) mass is 238 g/mol. The molecule has 0 radical (unpaired) electrons. The third kappa shape index (κ3) is 4.73. The van der Waals surface area contributed by atoms with Gasteiger partial charge in [0, 0.05) is 25.4 Å². The Hall–Kier alpha value is -1.09. The number of hydrogen-bond donors (Lipinski definition) is 0. The summed E-state index contributed by atoms with van der Waals surface area (Å²) in [5.74, 6) is 0.256. The molecule has 0 aromatic rings. The van der Waals surface area contributed by atoms with Crippen molar-refractivity contribution in [3.8, 4) is 0 Å². The third-order valence-electron chi connectivity index (χ3n) is 3.18. The van der Waals surface area contributed by atoms with Crippen molar-refractivity contribution >= 4 is 5.97 Å². The van der Waals surface area contributed by atoms with Gasteiger partial charge in [-0.2, -0.15) is 0 Å². The van der Waals surface area contributed by atoms with Crippen LogP contribution in [0.4, 0.5) is 0 Å². The van der Waals surface area contributed by atoms with E-state index in [9.17, 15) is 4.79 Å². The van der Waals surface area contributed by atoms with Crippen LogP contribution in [0, 0.1) is 11.3 Å². The van der Waals surface area contributed by atoms with Gasteiger partial charge in [0.2, 0.25) is 0 Å². The minimum Gasteiger partial charge on any atom is -0.466 e. The lowest BCUT2D eigenvalue weighted by Crippen LogP contribution is -2.29. The molecule has 0 spiro atoms. The maximum atomic E-state index is 10.5. The summed E-state index contributed by atoms with van der Waals surface area (Å²) in [6.07, 6.45) is 9.30. The molecule has 3 heteroatoms. The number of allylic oxidation sites excluding steroid dienone is 3. The average Bonchev–Trinajstić information content (AvgIpc) is 2.27. The van der Waals surface area contributed by atoms with Crippen LogP contribution in [0.15, 0.2) is 24.3 Å². The second-order valence-electron chi connectivity index (χ2n) is 4.78. The number of ether oxygens (including phenoxy) is 2. The fraction of sp³-hybridized carbons (Fsp3) is 0.643. The van der Waals surface area contributed by atoms with Gasteiger partial charge in [0.15, 0.2) is 0 Å². The van der Waals surface area contributed by atoms with Crippen molar-refractivity contribution in [1.29, 1.82) is 0 Å². The Bertz CT molecular complexity index is 307. The zero-order chi connectivity index (χ0) is 12.7. The lowest BCUT2D eigenvalue weighted by molar-refractivity contribution is -0.141. The summed E-state index contributed by atoms with van der Waals surface area (Å²) in [4.78, 5) is 10.5. The number of carbonyl (C=O) groups excluding carboxylic acids is 1. The van der Waals surface area contributed by atoms with Gasteiger partial charge in [-0.25, -0.2) is 0 Å². The van der Waals surface area contributed by atoms with Crippen LogP contribution in [0.1, 0.15) is 27.2 Å². The van der Waals surface area contributed by atoms with Crippen LogP contribution < -0.4 is 0 Å². The molecule has 0 fully saturated rings. The van der Waals surface area contributed by atoms with Crippen molar-refractivity contribution < 1.29 is 14.3 Å². The molecule has 1 rings (SSSR count). The van der Waals surface area contributed by atoms with Gasteiger partial charge in [-0.1, -0.05) is 38.2 Å². The van der Waals surface area contributed by atoms with Crippen molar-refractivity contribution in [2.24, 2.45) is 11.3 Å². The van der Waals surface area contributed by atoms with Crippen molar-refractivity contribution in [3.05, 3.63) is 24.3 Å². The van der Waals surface area contributed by atoms with Gasteiger partial charge in [0.05, 0.1) is 13.2 Å². The first-order valence-electron chi connectivity index (χ1n) is 6.12. The van der Waals surface area contributed by atoms with E-state index in [0.717, 1.165) is 6.42 Å². The Morgan fingerprint density at radius 3 is 2.76 bits per heavy atom. The first-order chi connectivity index (χ1) is 8.04. The fourth-order valence-corrected chi connectivity index (χ4v) is 1.73. The van der Waals surface area contributed by atoms with Gasteiger partial charge in [-0.15, -0.1) is 0 Å². The molecule has 1 aliphatic carbocycles. The van der Waals surface area contributed by atoms with Gasteiger partial charge in [0.1, 0.15) is 0 Å². The maximum Gasteiger partial charge on any atom is 0.302 e. The Labute approximate surface area is 103 Å². The highest BCUT2D eigenvalue weighted by molar-refractivity contribution is 5.65. The summed E-state index contributed by atoms with van der Waals surface area (Å²) in [7, 11) is 0. The normalized spacial score (nSPS) is 27.1. The van der Waals surface area contributed by atoms with Crippen LogP contribution in [-0.4, -0.2) is 25.8 Å². The number of rotatable bonds is 6. The molecule has 3 nitrogen and oxygen atoms in total. The van der Waals surface area contributed by atoms with Gasteiger partial charge < -0.3 is 9.47 Å². The van der Waals surface area contributed by atoms with Crippen molar-refractivity contribution in [1.82, 2.24) is 0 Å². The van der Waals surface area contributed by atoms with Crippen LogP contribution in [0.5, 0.6) is 0 Å². The van der Waals surface area contributed by atoms with Gasteiger partial charge in [0.25, 0.3) is 0 Å². The molecular weight excluding hydrogens is 216 g/mol. The summed E-state index contributed by atoms with van der Waals surface area (Å²) in [5, 5.41) is 0. The highest BCUT2D eigenvalue weighted by atomic mass is 16.5. The molecule has 2 unspecified atom stereocenters. The number of esters is 1. The molecule has 0 saturated heterocycles. The zero-order valence-electron chi connectivity index (χ0n) is 10.9. The van der Waals surface area contributed by atoms with Gasteiger partial charge in [-0.05, 0) is 5.92 Å². The lowest BCUT2D eigenvalue weighted by Gasteiger charge is -2.32. The number of hydrogen-bond acceptors (Lipinski definition) is 3. The summed E-state index contributed by atoms with van der Waals surface area (Å²) in [5.41, 5.74) is 0.0795. The fourth-order valence-electron chi connectivity index (χ4n) is 1.73. The summed E-state index contributed by atoms with van der Waals surface area (Å²) >= 11 is 0. The largest absolute Gasteiger partial charge is 0.466 e. The van der Waals surface area contributed by atoms with Crippen molar-refractivity contribution in [2.75, 3.05) is 19.8 Å². The smallest absolute Gasteiger partial charge is 0.302 e. The van der Waals surface area contributed by atoms with E-state index in [1.807, 2.05) is 0 Å². The highest BCUT2D eigenvalue weighted by Crippen LogP contribution is 2.32. The Morgan fingerprint density at radius 2 is 2.12 bits per heavy atom. The first kappa shape index (κ1) is 14.0. The van der Waals surface area contributed by atoms with E-state index in [2.05, 4.69) is 38.2 Å². The molecule has 2 atom stereocenters. The Kier molecular flexibility index (Phi) is 5.42. The molecule has 0 bridgehead atoms. The molecule has 96 valence electrons. The predicted molar refractivity (Wildman–Crippen MR) is 67.6 cm³/mol. The van der Waals surface area contributed by atoms with E-state index in [-0.39, 0.29) is 11.4 Å². The van der Waals surface area contributed by atoms with E-state index < -0.39 is 0 Å². The average molecular weight is 238 g/mol. The summed E-state index contributed by atoms with van der Waals surface area (Å²) in [6.45, 7) is 7.59. The van der Waals surface area contributed by atoms with E-state index in [1.165, 1.54) is 6.92 Å².